The highest BCUT2D eigenvalue weighted by Gasteiger charge is 2.21. The fourth-order valence-electron chi connectivity index (χ4n) is 4.74. The first-order valence-corrected chi connectivity index (χ1v) is 24.3. The Morgan fingerprint density at radius 2 is 1.15 bits per heavy atom. The zero-order valence-corrected chi connectivity index (χ0v) is 45.4. The molecule has 0 spiro atoms. The van der Waals surface area contributed by atoms with Crippen LogP contribution in [0, 0.1) is 14.3 Å². The van der Waals surface area contributed by atoms with Crippen LogP contribution in [0.1, 0.15) is 65.5 Å². The van der Waals surface area contributed by atoms with E-state index in [9.17, 15) is 14.4 Å². The smallest absolute Gasteiger partial charge is 0.414 e. The number of nitrogens with one attached hydrogen (secondary N) is 3. The monoisotopic (exact) mass is 1360 g/mol. The molecular formula is C42H54I4N4O15. The van der Waals surface area contributed by atoms with Crippen molar-refractivity contribution in [3.8, 4) is 23.0 Å². The molecule has 0 aliphatic heterocycles. The molecule has 0 saturated heterocycles. The summed E-state index contributed by atoms with van der Waals surface area (Å²) >= 11 is 8.74. The number of hydrogen-bond donors (Lipinski definition) is 4. The molecule has 0 heterocycles. The quantitative estimate of drug-likeness (QED) is 0.0147. The van der Waals surface area contributed by atoms with E-state index in [0.29, 0.717) is 49.8 Å². The van der Waals surface area contributed by atoms with E-state index in [4.69, 9.17) is 53.2 Å². The third-order valence-corrected chi connectivity index (χ3v) is 10.5. The van der Waals surface area contributed by atoms with Crippen LogP contribution < -0.4 is 30.3 Å². The number of amides is 2. The van der Waals surface area contributed by atoms with Crippen LogP contribution in [0.2, 0.25) is 0 Å². The third-order valence-electron chi connectivity index (χ3n) is 7.30. The van der Waals surface area contributed by atoms with Crippen LogP contribution in [0.15, 0.2) is 53.5 Å². The van der Waals surface area contributed by atoms with Gasteiger partial charge in [0.1, 0.15) is 48.3 Å². The van der Waals surface area contributed by atoms with E-state index in [0.717, 1.165) is 31.2 Å². The van der Waals surface area contributed by atoms with Crippen LogP contribution in [0.5, 0.6) is 23.0 Å². The molecule has 0 saturated carbocycles. The lowest BCUT2D eigenvalue weighted by Crippen LogP contribution is -2.47. The van der Waals surface area contributed by atoms with Crippen molar-refractivity contribution < 1.29 is 72.6 Å². The van der Waals surface area contributed by atoms with Crippen molar-refractivity contribution in [1.82, 2.24) is 16.1 Å². The van der Waals surface area contributed by atoms with E-state index >= 15 is 0 Å². The number of hydroxylamine groups is 1. The highest BCUT2D eigenvalue weighted by atomic mass is 127. The first-order valence-electron chi connectivity index (χ1n) is 20.0. The largest absolute Gasteiger partial charge is 0.494 e. The minimum absolute atomic E-state index is 0.0451. The number of carbonyl (C=O) groups is 3. The van der Waals surface area contributed by atoms with Gasteiger partial charge in [0.15, 0.2) is 5.75 Å². The number of rotatable bonds is 26. The number of aliphatic carboxylic acids is 1. The molecule has 23 heteroatoms. The van der Waals surface area contributed by atoms with Gasteiger partial charge in [-0.3, -0.25) is 20.3 Å². The maximum Gasteiger partial charge on any atom is 0.414 e. The van der Waals surface area contributed by atoms with Gasteiger partial charge in [-0.25, -0.2) is 39.6 Å². The van der Waals surface area contributed by atoms with Gasteiger partial charge in [-0.15, -0.1) is 0 Å². The molecule has 0 aromatic heterocycles. The van der Waals surface area contributed by atoms with E-state index in [-0.39, 0.29) is 52.0 Å². The molecule has 19 nitrogen and oxygen atoms in total. The first-order chi connectivity index (χ1) is 30.8. The molecule has 0 radical (unpaired) electrons. The molecular weight excluding hydrogens is 1310 g/mol. The molecule has 0 unspecified atom stereocenters. The van der Waals surface area contributed by atoms with E-state index in [2.05, 4.69) is 117 Å². The van der Waals surface area contributed by atoms with Crippen molar-refractivity contribution >= 4 is 114 Å². The summed E-state index contributed by atoms with van der Waals surface area (Å²) in [6.45, 7) is 12.7. The fourth-order valence-corrected chi connectivity index (χ4v) is 8.88. The molecule has 3 aromatic rings. The number of guanidine groups is 1. The molecule has 2 amide bonds. The van der Waals surface area contributed by atoms with Gasteiger partial charge < -0.3 is 28.8 Å². The van der Waals surface area contributed by atoms with Crippen molar-refractivity contribution in [3.63, 3.8) is 0 Å². The van der Waals surface area contributed by atoms with Crippen molar-refractivity contribution in [2.45, 2.75) is 78.6 Å². The molecule has 0 aliphatic carbocycles. The van der Waals surface area contributed by atoms with Crippen LogP contribution in [-0.4, -0.2) is 93.2 Å². The van der Waals surface area contributed by atoms with Crippen molar-refractivity contribution in [2.24, 2.45) is 4.99 Å². The Morgan fingerprint density at radius 3 is 1.74 bits per heavy atom. The highest BCUT2D eigenvalue weighted by Crippen LogP contribution is 2.37. The summed E-state index contributed by atoms with van der Waals surface area (Å²) in [7, 11) is 0. The first kappa shape index (κ1) is 56.7. The summed E-state index contributed by atoms with van der Waals surface area (Å²) in [6, 6.07) is 14.6. The average Bonchev–Trinajstić information content (AvgIpc) is 3.19. The Hall–Kier alpha value is -2.62. The number of halogens is 4. The lowest BCUT2D eigenvalue weighted by molar-refractivity contribution is -0.517. The van der Waals surface area contributed by atoms with Crippen LogP contribution in [0.4, 0.5) is 9.59 Å². The van der Waals surface area contributed by atoms with Crippen molar-refractivity contribution in [1.29, 1.82) is 0 Å². The van der Waals surface area contributed by atoms with E-state index in [1.165, 1.54) is 0 Å². The van der Waals surface area contributed by atoms with Gasteiger partial charge in [-0.05, 0) is 186 Å². The Morgan fingerprint density at radius 1 is 0.615 bits per heavy atom. The molecule has 0 fully saturated rings. The summed E-state index contributed by atoms with van der Waals surface area (Å²) in [6.07, 6.45) is -0.344. The predicted molar refractivity (Wildman–Crippen MR) is 271 cm³/mol. The number of carboxylic acids is 1. The molecule has 0 aliphatic rings. The number of carboxylic acid groups (broad SMARTS) is 1. The van der Waals surface area contributed by atoms with Crippen molar-refractivity contribution in [2.75, 3.05) is 52.8 Å². The van der Waals surface area contributed by atoms with Gasteiger partial charge in [0, 0.05) is 13.0 Å². The number of aliphatic imine (C=N–C) groups is 1. The third kappa shape index (κ3) is 25.4. The Kier molecular flexibility index (Phi) is 26.2. The minimum Gasteiger partial charge on any atom is -0.494 e. The van der Waals surface area contributed by atoms with Crippen LogP contribution >= 0.6 is 90.4 Å². The summed E-state index contributed by atoms with van der Waals surface area (Å²) in [5.74, 6) is 1.75. The molecule has 3 aromatic carbocycles. The Balaban J connectivity index is 1.17. The van der Waals surface area contributed by atoms with Gasteiger partial charge in [-0.1, -0.05) is 17.2 Å². The summed E-state index contributed by atoms with van der Waals surface area (Å²) in [5, 5.41) is 18.7. The summed E-state index contributed by atoms with van der Waals surface area (Å²) in [5.41, 5.74) is 2.88. The number of carbonyl (C=O) groups excluding carboxylic acids is 2. The van der Waals surface area contributed by atoms with Crippen LogP contribution in [0.3, 0.4) is 0 Å². The highest BCUT2D eigenvalue weighted by molar-refractivity contribution is 14.1. The normalized spacial score (nSPS) is 11.4. The minimum atomic E-state index is -0.879. The number of nitrogens with zero attached hydrogens (tertiary/aromatic N) is 1. The van der Waals surface area contributed by atoms with Gasteiger partial charge in [0.05, 0.1) is 53.7 Å². The lowest BCUT2D eigenvalue weighted by Gasteiger charge is -2.22. The second-order valence-corrected chi connectivity index (χ2v) is 20.0. The SMILES string of the molecule is CC(C)(C)OC(=O)NC(=NCc1ccc(OCCCOOCCOOOCCONCCCOc2c(I)cc(Oc3c(I)cc(CC(=O)O)cc3I)cc2I)cc1)NC(=O)OC(C)(C)C. The Bertz CT molecular complexity index is 1920. The van der Waals surface area contributed by atoms with Gasteiger partial charge >= 0.3 is 18.2 Å². The maximum atomic E-state index is 12.3. The maximum absolute atomic E-state index is 12.3. The summed E-state index contributed by atoms with van der Waals surface area (Å²) < 4.78 is 32.0. The van der Waals surface area contributed by atoms with E-state index < -0.39 is 29.4 Å². The molecule has 4 N–H and O–H groups in total. The van der Waals surface area contributed by atoms with Gasteiger partial charge in [-0.2, -0.15) is 0 Å². The fraction of sp³-hybridized carbons (Fsp3) is 0.476. The zero-order valence-electron chi connectivity index (χ0n) is 36.7. The number of hydrogen-bond acceptors (Lipinski definition) is 16. The standard InChI is InChI=1S/C42H54I4N4O15/c1-41(2,3)63-39(53)49-38(50-40(54)64-42(4,5)6)47-26-27-9-11-29(12-10-27)55-15-8-16-58-59-19-20-61-65-60-18-17-57-48-13-7-14-56-36-33(45)24-30(25-34(36)46)62-37-31(43)21-28(22-32(37)44)23-35(51)52/h9-12,21-22,24-25,48H,7-8,13-20,23,26H2,1-6H3,(H,51,52)(H2,47,49,50,53,54). The van der Waals surface area contributed by atoms with Crippen LogP contribution in [0.25, 0.3) is 0 Å². The second kappa shape index (κ2) is 30.0. The topological polar surface area (TPSA) is 221 Å². The van der Waals surface area contributed by atoms with Gasteiger partial charge in [0.2, 0.25) is 5.96 Å². The number of ether oxygens (including phenoxy) is 5. The van der Waals surface area contributed by atoms with E-state index in [1.54, 1.807) is 53.7 Å². The number of alkyl carbamates (subject to hydrolysis) is 2. The zero-order chi connectivity index (χ0) is 47.8. The molecule has 65 heavy (non-hydrogen) atoms. The Labute approximate surface area is 432 Å². The predicted octanol–water partition coefficient (Wildman–Crippen LogP) is 9.02. The second-order valence-electron chi connectivity index (χ2n) is 15.3. The van der Waals surface area contributed by atoms with Crippen molar-refractivity contribution in [3.05, 3.63) is 73.9 Å². The molecule has 360 valence electrons. The molecule has 0 bridgehead atoms. The average molecular weight is 1360 g/mol. The molecule has 3 rings (SSSR count). The summed E-state index contributed by atoms with van der Waals surface area (Å²) in [4.78, 5) is 65.4. The van der Waals surface area contributed by atoms with E-state index in [1.807, 2.05) is 36.4 Å². The van der Waals surface area contributed by atoms with Crippen LogP contribution in [-0.2, 0) is 56.7 Å². The van der Waals surface area contributed by atoms with Gasteiger partial charge in [0.25, 0.3) is 0 Å². The lowest BCUT2D eigenvalue weighted by atomic mass is 10.1. The number of benzene rings is 3. The molecule has 0 atom stereocenters.